The molecule has 1 aromatic carbocycles. The van der Waals surface area contributed by atoms with Crippen molar-refractivity contribution in [1.29, 1.82) is 0 Å². The average molecular weight is 242 g/mol. The molecule has 0 radical (unpaired) electrons. The largest absolute Gasteiger partial charge is 0.351 e. The molecule has 0 atom stereocenters. The topological polar surface area (TPSA) is 46.3 Å². The second kappa shape index (κ2) is 5.54. The van der Waals surface area contributed by atoms with Crippen LogP contribution in [0.3, 0.4) is 0 Å². The number of rotatable bonds is 1. The van der Waals surface area contributed by atoms with Crippen LogP contribution in [0.4, 0.5) is 10.5 Å². The Balaban J connectivity index is 2.37. The van der Waals surface area contributed by atoms with Crippen LogP contribution >= 0.6 is 0 Å². The summed E-state index contributed by atoms with van der Waals surface area (Å²) in [5.74, 6) is 0. The minimum Gasteiger partial charge on any atom is -0.351 e. The standard InChI is InChI=1S/C15H18N2O/c1-2-3-6-12-9-10-13-7-4-5-8-14(13)17(11-12)15(16)18/h2-8H,9-11H2,1H3,(H2,16,18)/b3-2-,12-6-. The number of hydrogen-bond acceptors (Lipinski definition) is 1. The molecule has 0 aromatic heterocycles. The van der Waals surface area contributed by atoms with E-state index in [1.165, 1.54) is 11.1 Å². The number of nitrogens with zero attached hydrogens (tertiary/aromatic N) is 1. The van der Waals surface area contributed by atoms with Crippen molar-refractivity contribution in [3.8, 4) is 0 Å². The highest BCUT2D eigenvalue weighted by Gasteiger charge is 2.20. The summed E-state index contributed by atoms with van der Waals surface area (Å²) in [6.45, 7) is 2.56. The molecule has 1 aliphatic rings. The maximum atomic E-state index is 11.6. The molecule has 0 aliphatic carbocycles. The molecule has 2 amide bonds. The summed E-state index contributed by atoms with van der Waals surface area (Å²) in [5.41, 5.74) is 8.83. The molecule has 3 heteroatoms. The molecule has 18 heavy (non-hydrogen) atoms. The van der Waals surface area contributed by atoms with Gasteiger partial charge < -0.3 is 5.73 Å². The Morgan fingerprint density at radius 3 is 2.83 bits per heavy atom. The van der Waals surface area contributed by atoms with Crippen molar-refractivity contribution in [3.05, 3.63) is 53.6 Å². The van der Waals surface area contributed by atoms with Crippen molar-refractivity contribution in [3.63, 3.8) is 0 Å². The Kier molecular flexibility index (Phi) is 3.82. The molecule has 2 rings (SSSR count). The number of hydrogen-bond donors (Lipinski definition) is 1. The number of benzene rings is 1. The number of fused-ring (bicyclic) bond motifs is 1. The molecule has 0 saturated carbocycles. The fourth-order valence-electron chi connectivity index (χ4n) is 2.21. The smallest absolute Gasteiger partial charge is 0.319 e. The molecule has 0 spiro atoms. The summed E-state index contributed by atoms with van der Waals surface area (Å²) in [5, 5.41) is 0. The van der Waals surface area contributed by atoms with Gasteiger partial charge in [0, 0.05) is 12.2 Å². The lowest BCUT2D eigenvalue weighted by Gasteiger charge is -2.20. The molecule has 0 unspecified atom stereocenters. The van der Waals surface area contributed by atoms with Crippen LogP contribution in [0.2, 0.25) is 0 Å². The maximum absolute atomic E-state index is 11.6. The molecule has 0 fully saturated rings. The van der Waals surface area contributed by atoms with Crippen LogP contribution in [0.5, 0.6) is 0 Å². The number of anilines is 1. The Labute approximate surface area is 108 Å². The normalized spacial score (nSPS) is 17.8. The molecule has 1 aliphatic heterocycles. The van der Waals surface area contributed by atoms with E-state index >= 15 is 0 Å². The predicted octanol–water partition coefficient (Wildman–Crippen LogP) is 3.02. The van der Waals surface area contributed by atoms with Gasteiger partial charge in [-0.25, -0.2) is 4.79 Å². The molecule has 1 heterocycles. The van der Waals surface area contributed by atoms with E-state index in [1.807, 2.05) is 37.3 Å². The molecule has 2 N–H and O–H groups in total. The van der Waals surface area contributed by atoms with E-state index in [4.69, 9.17) is 5.73 Å². The van der Waals surface area contributed by atoms with E-state index in [2.05, 4.69) is 12.1 Å². The number of aryl methyl sites for hydroxylation is 1. The number of carbonyl (C=O) groups is 1. The van der Waals surface area contributed by atoms with E-state index in [1.54, 1.807) is 4.90 Å². The number of para-hydroxylation sites is 1. The Hall–Kier alpha value is -2.03. The molecule has 3 nitrogen and oxygen atoms in total. The van der Waals surface area contributed by atoms with Gasteiger partial charge in [-0.1, -0.05) is 42.0 Å². The number of allylic oxidation sites excluding steroid dienone is 3. The van der Waals surface area contributed by atoms with Gasteiger partial charge >= 0.3 is 6.03 Å². The van der Waals surface area contributed by atoms with Gasteiger partial charge in [-0.3, -0.25) is 4.90 Å². The first-order valence-electron chi connectivity index (χ1n) is 6.18. The van der Waals surface area contributed by atoms with Crippen molar-refractivity contribution >= 4 is 11.7 Å². The lowest BCUT2D eigenvalue weighted by atomic mass is 10.1. The molecule has 1 aromatic rings. The summed E-state index contributed by atoms with van der Waals surface area (Å²) < 4.78 is 0. The first kappa shape index (κ1) is 12.4. The molecular formula is C15H18N2O. The molecular weight excluding hydrogens is 224 g/mol. The van der Waals surface area contributed by atoms with Crippen LogP contribution < -0.4 is 10.6 Å². The summed E-state index contributed by atoms with van der Waals surface area (Å²) in [4.78, 5) is 13.2. The van der Waals surface area contributed by atoms with E-state index in [0.29, 0.717) is 6.54 Å². The first-order valence-corrected chi connectivity index (χ1v) is 6.18. The van der Waals surface area contributed by atoms with Crippen LogP contribution in [-0.2, 0) is 6.42 Å². The van der Waals surface area contributed by atoms with Crippen molar-refractivity contribution < 1.29 is 4.79 Å². The van der Waals surface area contributed by atoms with E-state index in [0.717, 1.165) is 18.5 Å². The highest BCUT2D eigenvalue weighted by Crippen LogP contribution is 2.27. The van der Waals surface area contributed by atoms with Crippen molar-refractivity contribution in [2.75, 3.05) is 11.4 Å². The van der Waals surface area contributed by atoms with Crippen LogP contribution in [-0.4, -0.2) is 12.6 Å². The van der Waals surface area contributed by atoms with Gasteiger partial charge in [0.05, 0.1) is 0 Å². The second-order valence-electron chi connectivity index (χ2n) is 4.40. The zero-order chi connectivity index (χ0) is 13.0. The predicted molar refractivity (Wildman–Crippen MR) is 74.6 cm³/mol. The number of primary amides is 1. The number of carbonyl (C=O) groups excluding carboxylic acids is 1. The Morgan fingerprint density at radius 1 is 1.33 bits per heavy atom. The number of amides is 2. The van der Waals surface area contributed by atoms with Crippen LogP contribution in [0.25, 0.3) is 0 Å². The number of nitrogens with two attached hydrogens (primary N) is 1. The highest BCUT2D eigenvalue weighted by molar-refractivity contribution is 5.92. The van der Waals surface area contributed by atoms with E-state index in [9.17, 15) is 4.79 Å². The number of urea groups is 1. The summed E-state index contributed by atoms with van der Waals surface area (Å²) >= 11 is 0. The Bertz CT molecular complexity index is 503. The third kappa shape index (κ3) is 2.62. The Morgan fingerprint density at radius 2 is 2.11 bits per heavy atom. The van der Waals surface area contributed by atoms with Crippen molar-refractivity contribution in [2.24, 2.45) is 5.73 Å². The molecule has 94 valence electrons. The SMILES string of the molecule is C/C=C\C=C1\CCc2ccccc2N(C(N)=O)C1. The van der Waals surface area contributed by atoms with Crippen molar-refractivity contribution in [1.82, 2.24) is 0 Å². The first-order chi connectivity index (χ1) is 8.72. The quantitative estimate of drug-likeness (QED) is 0.808. The summed E-state index contributed by atoms with van der Waals surface area (Å²) in [6, 6.07) is 7.56. The highest BCUT2D eigenvalue weighted by atomic mass is 16.2. The third-order valence-corrected chi connectivity index (χ3v) is 3.15. The molecule has 0 saturated heterocycles. The van der Waals surface area contributed by atoms with Gasteiger partial charge in [-0.2, -0.15) is 0 Å². The van der Waals surface area contributed by atoms with E-state index in [-0.39, 0.29) is 0 Å². The fraction of sp³-hybridized carbons (Fsp3) is 0.267. The van der Waals surface area contributed by atoms with Gasteiger partial charge in [-0.15, -0.1) is 0 Å². The summed E-state index contributed by atoms with van der Waals surface area (Å²) in [7, 11) is 0. The van der Waals surface area contributed by atoms with Gasteiger partial charge in [0.25, 0.3) is 0 Å². The second-order valence-corrected chi connectivity index (χ2v) is 4.40. The van der Waals surface area contributed by atoms with Gasteiger partial charge in [-0.05, 0) is 31.4 Å². The monoisotopic (exact) mass is 242 g/mol. The van der Waals surface area contributed by atoms with Gasteiger partial charge in [0.1, 0.15) is 0 Å². The average Bonchev–Trinajstić information content (AvgIpc) is 2.56. The maximum Gasteiger partial charge on any atom is 0.319 e. The molecule has 0 bridgehead atoms. The minimum atomic E-state index is -0.393. The lowest BCUT2D eigenvalue weighted by Crippen LogP contribution is -2.36. The van der Waals surface area contributed by atoms with Crippen LogP contribution in [0.1, 0.15) is 18.9 Å². The van der Waals surface area contributed by atoms with Gasteiger partial charge in [0.15, 0.2) is 0 Å². The van der Waals surface area contributed by atoms with Crippen molar-refractivity contribution in [2.45, 2.75) is 19.8 Å². The lowest BCUT2D eigenvalue weighted by molar-refractivity contribution is 0.254. The fourth-order valence-corrected chi connectivity index (χ4v) is 2.21. The zero-order valence-corrected chi connectivity index (χ0v) is 10.6. The minimum absolute atomic E-state index is 0.393. The van der Waals surface area contributed by atoms with E-state index < -0.39 is 6.03 Å². The third-order valence-electron chi connectivity index (χ3n) is 3.15. The zero-order valence-electron chi connectivity index (χ0n) is 10.6. The van der Waals surface area contributed by atoms with Crippen LogP contribution in [0, 0.1) is 0 Å². The van der Waals surface area contributed by atoms with Gasteiger partial charge in [0.2, 0.25) is 0 Å². The summed E-state index contributed by atoms with van der Waals surface area (Å²) in [6.07, 6.45) is 7.97. The van der Waals surface area contributed by atoms with Crippen LogP contribution in [0.15, 0.2) is 48.1 Å².